The second-order valence-electron chi connectivity index (χ2n) is 5.25. The molecule has 0 amide bonds. The summed E-state index contributed by atoms with van der Waals surface area (Å²) >= 11 is 0. The normalized spacial score (nSPS) is 10.1. The van der Waals surface area contributed by atoms with E-state index in [2.05, 4.69) is 18.3 Å². The summed E-state index contributed by atoms with van der Waals surface area (Å²) in [6.07, 6.45) is 0.959. The molecule has 4 heteroatoms. The van der Waals surface area contributed by atoms with E-state index in [-0.39, 0.29) is 0 Å². The minimum Gasteiger partial charge on any atom is -0.493 e. The maximum absolute atomic E-state index is 8.92. The van der Waals surface area contributed by atoms with Crippen LogP contribution in [0.15, 0.2) is 42.5 Å². The van der Waals surface area contributed by atoms with Gasteiger partial charge in [-0.05, 0) is 41.8 Å². The van der Waals surface area contributed by atoms with Crippen molar-refractivity contribution in [1.82, 2.24) is 5.32 Å². The molecule has 0 saturated carbocycles. The van der Waals surface area contributed by atoms with Gasteiger partial charge in [0.1, 0.15) is 0 Å². The van der Waals surface area contributed by atoms with Gasteiger partial charge < -0.3 is 14.8 Å². The zero-order chi connectivity index (χ0) is 16.5. The average molecular weight is 310 g/mol. The Hall–Kier alpha value is -2.51. The first-order valence-electron chi connectivity index (χ1n) is 7.76. The molecule has 2 rings (SSSR count). The van der Waals surface area contributed by atoms with Crippen LogP contribution in [0.3, 0.4) is 0 Å². The van der Waals surface area contributed by atoms with Gasteiger partial charge in [0.25, 0.3) is 0 Å². The van der Waals surface area contributed by atoms with Gasteiger partial charge in [0.2, 0.25) is 0 Å². The van der Waals surface area contributed by atoms with Gasteiger partial charge >= 0.3 is 0 Å². The lowest BCUT2D eigenvalue weighted by Gasteiger charge is -2.12. The Labute approximate surface area is 137 Å². The second-order valence-corrected chi connectivity index (χ2v) is 5.25. The molecule has 0 atom stereocenters. The van der Waals surface area contributed by atoms with Gasteiger partial charge in [0.05, 0.1) is 25.3 Å². The first-order valence-corrected chi connectivity index (χ1v) is 7.76. The molecule has 0 fully saturated rings. The Morgan fingerprint density at radius 1 is 1.04 bits per heavy atom. The molecule has 120 valence electrons. The van der Waals surface area contributed by atoms with Crippen molar-refractivity contribution >= 4 is 0 Å². The summed E-state index contributed by atoms with van der Waals surface area (Å²) in [5, 5.41) is 12.3. The summed E-state index contributed by atoms with van der Waals surface area (Å²) < 4.78 is 11.0. The monoisotopic (exact) mass is 310 g/mol. The number of nitrogens with one attached hydrogen (secondary N) is 1. The predicted octanol–water partition coefficient (Wildman–Crippen LogP) is 3.65. The second kappa shape index (κ2) is 8.82. The van der Waals surface area contributed by atoms with Gasteiger partial charge in [-0.3, -0.25) is 0 Å². The van der Waals surface area contributed by atoms with Gasteiger partial charge in [-0.2, -0.15) is 5.26 Å². The predicted molar refractivity (Wildman–Crippen MR) is 90.5 cm³/mol. The zero-order valence-electron chi connectivity index (χ0n) is 13.6. The molecule has 0 spiro atoms. The van der Waals surface area contributed by atoms with Crippen molar-refractivity contribution in [3.05, 3.63) is 59.2 Å². The van der Waals surface area contributed by atoms with Crippen LogP contribution in [0.2, 0.25) is 0 Å². The van der Waals surface area contributed by atoms with E-state index < -0.39 is 0 Å². The molecule has 0 bridgehead atoms. The van der Waals surface area contributed by atoms with Crippen molar-refractivity contribution in [2.45, 2.75) is 26.4 Å². The third-order valence-electron chi connectivity index (χ3n) is 3.40. The summed E-state index contributed by atoms with van der Waals surface area (Å²) in [6, 6.07) is 15.7. The highest BCUT2D eigenvalue weighted by Gasteiger charge is 2.05. The minimum atomic E-state index is 0.675. The van der Waals surface area contributed by atoms with Crippen LogP contribution in [-0.2, 0) is 13.1 Å². The molecular weight excluding hydrogens is 288 g/mol. The first kappa shape index (κ1) is 16.9. The highest BCUT2D eigenvalue weighted by atomic mass is 16.5. The van der Waals surface area contributed by atoms with Crippen LogP contribution in [0.4, 0.5) is 0 Å². The highest BCUT2D eigenvalue weighted by Crippen LogP contribution is 2.28. The standard InChI is InChI=1S/C19H22N2O2/c1-3-9-23-19-11-17(7-8-18(19)22-2)14-21-13-16-6-4-5-15(10-16)12-20/h4-8,10-11,21H,3,9,13-14H2,1-2H3. The molecular formula is C19H22N2O2. The summed E-state index contributed by atoms with van der Waals surface area (Å²) in [6.45, 7) is 4.19. The molecule has 0 aromatic heterocycles. The quantitative estimate of drug-likeness (QED) is 0.808. The Morgan fingerprint density at radius 3 is 2.52 bits per heavy atom. The lowest BCUT2D eigenvalue weighted by atomic mass is 10.1. The van der Waals surface area contributed by atoms with Crippen LogP contribution in [0.25, 0.3) is 0 Å². The largest absolute Gasteiger partial charge is 0.493 e. The molecule has 0 saturated heterocycles. The van der Waals surface area contributed by atoms with Crippen LogP contribution in [-0.4, -0.2) is 13.7 Å². The van der Waals surface area contributed by atoms with E-state index >= 15 is 0 Å². The van der Waals surface area contributed by atoms with Crippen LogP contribution in [0.1, 0.15) is 30.0 Å². The summed E-state index contributed by atoms with van der Waals surface area (Å²) in [4.78, 5) is 0. The molecule has 0 heterocycles. The van der Waals surface area contributed by atoms with Gasteiger partial charge in [0.15, 0.2) is 11.5 Å². The lowest BCUT2D eigenvalue weighted by Crippen LogP contribution is -2.13. The fourth-order valence-electron chi connectivity index (χ4n) is 2.26. The summed E-state index contributed by atoms with van der Waals surface area (Å²) in [5.41, 5.74) is 2.91. The van der Waals surface area contributed by atoms with Crippen LogP contribution in [0.5, 0.6) is 11.5 Å². The molecule has 0 radical (unpaired) electrons. The molecule has 23 heavy (non-hydrogen) atoms. The molecule has 0 aliphatic heterocycles. The number of hydrogen-bond donors (Lipinski definition) is 1. The van der Waals surface area contributed by atoms with E-state index in [0.717, 1.165) is 35.6 Å². The van der Waals surface area contributed by atoms with Gasteiger partial charge in [-0.1, -0.05) is 25.1 Å². The molecule has 0 aliphatic rings. The number of benzene rings is 2. The Balaban J connectivity index is 1.96. The number of rotatable bonds is 8. The maximum atomic E-state index is 8.92. The van der Waals surface area contributed by atoms with Gasteiger partial charge in [-0.15, -0.1) is 0 Å². The fraction of sp³-hybridized carbons (Fsp3) is 0.316. The topological polar surface area (TPSA) is 54.3 Å². The first-order chi connectivity index (χ1) is 11.3. The third-order valence-corrected chi connectivity index (χ3v) is 3.40. The van der Waals surface area contributed by atoms with Crippen molar-refractivity contribution in [3.63, 3.8) is 0 Å². The number of methoxy groups -OCH3 is 1. The molecule has 4 nitrogen and oxygen atoms in total. The van der Waals surface area contributed by atoms with Crippen LogP contribution < -0.4 is 14.8 Å². The van der Waals surface area contributed by atoms with Crippen molar-refractivity contribution in [1.29, 1.82) is 5.26 Å². The fourth-order valence-corrected chi connectivity index (χ4v) is 2.26. The van der Waals surface area contributed by atoms with Gasteiger partial charge in [-0.25, -0.2) is 0 Å². The summed E-state index contributed by atoms with van der Waals surface area (Å²) in [7, 11) is 1.65. The van der Waals surface area contributed by atoms with E-state index in [1.54, 1.807) is 7.11 Å². The molecule has 0 aliphatic carbocycles. The molecule has 0 unspecified atom stereocenters. The van der Waals surface area contributed by atoms with Crippen molar-refractivity contribution in [3.8, 4) is 17.6 Å². The highest BCUT2D eigenvalue weighted by molar-refractivity contribution is 5.43. The Bertz CT molecular complexity index is 677. The van der Waals surface area contributed by atoms with Crippen molar-refractivity contribution in [2.75, 3.05) is 13.7 Å². The number of nitriles is 1. The summed E-state index contributed by atoms with van der Waals surface area (Å²) in [5.74, 6) is 1.53. The number of ether oxygens (including phenoxy) is 2. The van der Waals surface area contributed by atoms with E-state index in [1.165, 1.54) is 0 Å². The Kier molecular flexibility index (Phi) is 6.46. The molecule has 2 aromatic rings. The van der Waals surface area contributed by atoms with E-state index in [0.29, 0.717) is 18.7 Å². The Morgan fingerprint density at radius 2 is 1.83 bits per heavy atom. The average Bonchev–Trinajstić information content (AvgIpc) is 2.60. The van der Waals surface area contributed by atoms with Crippen molar-refractivity contribution < 1.29 is 9.47 Å². The van der Waals surface area contributed by atoms with Crippen LogP contribution in [0, 0.1) is 11.3 Å². The lowest BCUT2D eigenvalue weighted by molar-refractivity contribution is 0.294. The number of nitrogens with zero attached hydrogens (tertiary/aromatic N) is 1. The van der Waals surface area contributed by atoms with E-state index in [4.69, 9.17) is 14.7 Å². The van der Waals surface area contributed by atoms with E-state index in [9.17, 15) is 0 Å². The minimum absolute atomic E-state index is 0.675. The number of hydrogen-bond acceptors (Lipinski definition) is 4. The SMILES string of the molecule is CCCOc1cc(CNCc2cccc(C#N)c2)ccc1OC. The van der Waals surface area contributed by atoms with Gasteiger partial charge in [0, 0.05) is 13.1 Å². The van der Waals surface area contributed by atoms with Crippen LogP contribution >= 0.6 is 0 Å². The van der Waals surface area contributed by atoms with Crippen molar-refractivity contribution in [2.24, 2.45) is 0 Å². The molecule has 2 aromatic carbocycles. The smallest absolute Gasteiger partial charge is 0.161 e. The zero-order valence-corrected chi connectivity index (χ0v) is 13.6. The third kappa shape index (κ3) is 5.01. The molecule has 1 N–H and O–H groups in total. The van der Waals surface area contributed by atoms with E-state index in [1.807, 2.05) is 42.5 Å². The maximum Gasteiger partial charge on any atom is 0.161 e.